The summed E-state index contributed by atoms with van der Waals surface area (Å²) in [5, 5.41) is 11.7. The van der Waals surface area contributed by atoms with Crippen molar-refractivity contribution >= 4 is 10.8 Å². The Morgan fingerprint density at radius 1 is 0.852 bits per heavy atom. The van der Waals surface area contributed by atoms with Crippen LogP contribution in [0.15, 0.2) is 71.5 Å². The molecule has 4 rings (SSSR count). The molecule has 0 aliphatic heterocycles. The fraction of sp³-hybridized carbons (Fsp3) is 0.0833. The first-order valence-electron chi connectivity index (χ1n) is 8.81. The lowest BCUT2D eigenvalue weighted by Crippen LogP contribution is -2.13. The summed E-state index contributed by atoms with van der Waals surface area (Å²) < 4.78 is 0. The molecular formula is C24H18N2O. The Kier molecular flexibility index (Phi) is 4.10. The highest BCUT2D eigenvalue weighted by Crippen LogP contribution is 2.32. The summed E-state index contributed by atoms with van der Waals surface area (Å²) in [7, 11) is 0. The van der Waals surface area contributed by atoms with Crippen LogP contribution in [0, 0.1) is 25.2 Å². The van der Waals surface area contributed by atoms with Crippen molar-refractivity contribution in [3.63, 3.8) is 0 Å². The Morgan fingerprint density at radius 3 is 2.41 bits per heavy atom. The summed E-state index contributed by atoms with van der Waals surface area (Å²) in [4.78, 5) is 15.6. The summed E-state index contributed by atoms with van der Waals surface area (Å²) in [6, 6.07) is 24.1. The molecule has 1 heterocycles. The monoisotopic (exact) mass is 350 g/mol. The number of pyridine rings is 1. The summed E-state index contributed by atoms with van der Waals surface area (Å²) in [5.74, 6) is 0. The molecular weight excluding hydrogens is 332 g/mol. The smallest absolute Gasteiger partial charge is 0.266 e. The number of nitriles is 1. The molecule has 3 aromatic carbocycles. The Bertz CT molecular complexity index is 1270. The van der Waals surface area contributed by atoms with Crippen LogP contribution >= 0.6 is 0 Å². The van der Waals surface area contributed by atoms with Crippen LogP contribution in [0.2, 0.25) is 0 Å². The molecule has 0 atom stereocenters. The van der Waals surface area contributed by atoms with Gasteiger partial charge in [0.15, 0.2) is 0 Å². The van der Waals surface area contributed by atoms with Crippen LogP contribution < -0.4 is 5.56 Å². The van der Waals surface area contributed by atoms with E-state index in [9.17, 15) is 10.1 Å². The molecule has 3 heteroatoms. The van der Waals surface area contributed by atoms with Crippen molar-refractivity contribution in [3.8, 4) is 28.5 Å². The van der Waals surface area contributed by atoms with Gasteiger partial charge in [-0.15, -0.1) is 0 Å². The minimum atomic E-state index is -0.363. The lowest BCUT2D eigenvalue weighted by Gasteiger charge is -2.12. The number of nitrogens with one attached hydrogen (secondary N) is 1. The summed E-state index contributed by atoms with van der Waals surface area (Å²) >= 11 is 0. The topological polar surface area (TPSA) is 56.6 Å². The van der Waals surface area contributed by atoms with E-state index in [1.54, 1.807) is 0 Å². The van der Waals surface area contributed by atoms with Crippen LogP contribution in [0.25, 0.3) is 33.2 Å². The maximum Gasteiger partial charge on any atom is 0.266 e. The summed E-state index contributed by atoms with van der Waals surface area (Å²) in [5.41, 5.74) is 5.21. The van der Waals surface area contributed by atoms with Gasteiger partial charge in [0.2, 0.25) is 0 Å². The van der Waals surface area contributed by atoms with Crippen LogP contribution in [0.4, 0.5) is 0 Å². The van der Waals surface area contributed by atoms with Crippen LogP contribution in [-0.4, -0.2) is 4.98 Å². The molecule has 0 unspecified atom stereocenters. The minimum Gasteiger partial charge on any atom is -0.321 e. The molecule has 0 aliphatic carbocycles. The fourth-order valence-corrected chi connectivity index (χ4v) is 3.60. The first-order chi connectivity index (χ1) is 13.1. The number of aromatic amines is 1. The van der Waals surface area contributed by atoms with Crippen molar-refractivity contribution in [2.45, 2.75) is 13.8 Å². The van der Waals surface area contributed by atoms with Crippen molar-refractivity contribution in [1.29, 1.82) is 5.26 Å². The third kappa shape index (κ3) is 2.92. The van der Waals surface area contributed by atoms with Crippen molar-refractivity contribution in [1.82, 2.24) is 4.98 Å². The van der Waals surface area contributed by atoms with Gasteiger partial charge in [0.25, 0.3) is 5.56 Å². The van der Waals surface area contributed by atoms with Crippen LogP contribution in [0.1, 0.15) is 16.7 Å². The Labute approximate surface area is 157 Å². The molecule has 0 fully saturated rings. The van der Waals surface area contributed by atoms with Crippen LogP contribution in [0.3, 0.4) is 0 Å². The SMILES string of the molecule is Cc1ccc(-c2cc(-c3cccc4ccccc34)[nH]c(=O)c2C#N)c(C)c1. The maximum atomic E-state index is 12.7. The van der Waals surface area contributed by atoms with Gasteiger partial charge in [0, 0.05) is 16.8 Å². The van der Waals surface area contributed by atoms with Crippen molar-refractivity contribution in [2.75, 3.05) is 0 Å². The van der Waals surface area contributed by atoms with Gasteiger partial charge in [-0.05, 0) is 41.8 Å². The first-order valence-corrected chi connectivity index (χ1v) is 8.81. The Morgan fingerprint density at radius 2 is 1.63 bits per heavy atom. The van der Waals surface area contributed by atoms with E-state index in [0.29, 0.717) is 11.3 Å². The number of H-pyrrole nitrogens is 1. The molecule has 0 radical (unpaired) electrons. The molecule has 0 aliphatic rings. The standard InChI is InChI=1S/C24H18N2O/c1-15-10-11-18(16(2)12-15)21-13-23(26-24(27)22(21)14-25)20-9-5-7-17-6-3-4-8-19(17)20/h3-13H,1-2H3,(H,26,27). The zero-order valence-corrected chi connectivity index (χ0v) is 15.2. The number of hydrogen-bond donors (Lipinski definition) is 1. The van der Waals surface area contributed by atoms with E-state index in [0.717, 1.165) is 33.0 Å². The van der Waals surface area contributed by atoms with Gasteiger partial charge >= 0.3 is 0 Å². The lowest BCUT2D eigenvalue weighted by molar-refractivity contribution is 1.22. The lowest BCUT2D eigenvalue weighted by atomic mass is 9.93. The molecule has 0 spiro atoms. The quantitative estimate of drug-likeness (QED) is 0.530. The number of aryl methyl sites for hydroxylation is 2. The average molecular weight is 350 g/mol. The Hall–Kier alpha value is -3.64. The molecule has 1 N–H and O–H groups in total. The third-order valence-electron chi connectivity index (χ3n) is 4.90. The Balaban J connectivity index is 2.03. The summed E-state index contributed by atoms with van der Waals surface area (Å²) in [6.45, 7) is 4.03. The molecule has 4 aromatic rings. The first kappa shape index (κ1) is 16.8. The largest absolute Gasteiger partial charge is 0.321 e. The second kappa shape index (κ2) is 6.59. The molecule has 1 aromatic heterocycles. The van der Waals surface area contributed by atoms with Gasteiger partial charge in [-0.1, -0.05) is 66.2 Å². The highest BCUT2D eigenvalue weighted by Gasteiger charge is 2.15. The van der Waals surface area contributed by atoms with Crippen LogP contribution in [-0.2, 0) is 0 Å². The van der Waals surface area contributed by atoms with E-state index in [-0.39, 0.29) is 11.1 Å². The second-order valence-corrected chi connectivity index (χ2v) is 6.76. The van der Waals surface area contributed by atoms with Gasteiger partial charge in [0.05, 0.1) is 0 Å². The highest BCUT2D eigenvalue weighted by molar-refractivity contribution is 5.96. The molecule has 0 amide bonds. The molecule has 27 heavy (non-hydrogen) atoms. The van der Waals surface area contributed by atoms with Crippen molar-refractivity contribution < 1.29 is 0 Å². The maximum absolute atomic E-state index is 12.7. The van der Waals surface area contributed by atoms with E-state index in [1.165, 1.54) is 0 Å². The predicted molar refractivity (Wildman–Crippen MR) is 110 cm³/mol. The number of benzene rings is 3. The molecule has 3 nitrogen and oxygen atoms in total. The van der Waals surface area contributed by atoms with Gasteiger partial charge < -0.3 is 4.98 Å². The van der Waals surface area contributed by atoms with E-state index in [1.807, 2.05) is 74.5 Å². The van der Waals surface area contributed by atoms with E-state index in [2.05, 4.69) is 17.1 Å². The molecule has 0 bridgehead atoms. The van der Waals surface area contributed by atoms with E-state index in [4.69, 9.17) is 0 Å². The van der Waals surface area contributed by atoms with E-state index >= 15 is 0 Å². The number of nitrogens with zero attached hydrogens (tertiary/aromatic N) is 1. The van der Waals surface area contributed by atoms with Gasteiger partial charge in [-0.2, -0.15) is 5.26 Å². The van der Waals surface area contributed by atoms with Crippen molar-refractivity contribution in [2.24, 2.45) is 0 Å². The molecule has 0 saturated carbocycles. The molecule has 130 valence electrons. The van der Waals surface area contributed by atoms with E-state index < -0.39 is 0 Å². The average Bonchev–Trinajstić information content (AvgIpc) is 2.67. The second-order valence-electron chi connectivity index (χ2n) is 6.76. The van der Waals surface area contributed by atoms with Gasteiger partial charge in [-0.3, -0.25) is 4.79 Å². The normalized spacial score (nSPS) is 10.7. The molecule has 0 saturated heterocycles. The number of hydrogen-bond acceptors (Lipinski definition) is 2. The zero-order chi connectivity index (χ0) is 19.0. The number of rotatable bonds is 2. The zero-order valence-electron chi connectivity index (χ0n) is 15.2. The summed E-state index contributed by atoms with van der Waals surface area (Å²) in [6.07, 6.45) is 0. The van der Waals surface area contributed by atoms with Crippen molar-refractivity contribution in [3.05, 3.63) is 93.8 Å². The minimum absolute atomic E-state index is 0.144. The fourth-order valence-electron chi connectivity index (χ4n) is 3.60. The number of fused-ring (bicyclic) bond motifs is 1. The number of aromatic nitrogens is 1. The van der Waals surface area contributed by atoms with Gasteiger partial charge in [0.1, 0.15) is 11.6 Å². The predicted octanol–water partition coefficient (Wildman–Crippen LogP) is 5.35. The highest BCUT2D eigenvalue weighted by atomic mass is 16.1. The third-order valence-corrected chi connectivity index (χ3v) is 4.90. The van der Waals surface area contributed by atoms with Crippen LogP contribution in [0.5, 0.6) is 0 Å². The van der Waals surface area contributed by atoms with Gasteiger partial charge in [-0.25, -0.2) is 0 Å².